The second-order valence-electron chi connectivity index (χ2n) is 8.29. The Balaban J connectivity index is 1.54. The van der Waals surface area contributed by atoms with Gasteiger partial charge in [-0.2, -0.15) is 0 Å². The number of H-pyrrole nitrogens is 1. The van der Waals surface area contributed by atoms with Gasteiger partial charge in [-0.25, -0.2) is 27.5 Å². The van der Waals surface area contributed by atoms with Gasteiger partial charge in [0, 0.05) is 46.4 Å². The van der Waals surface area contributed by atoms with Crippen LogP contribution < -0.4 is 4.72 Å². The van der Waals surface area contributed by atoms with Crippen molar-refractivity contribution in [3.8, 4) is 22.5 Å². The molecule has 1 saturated carbocycles. The highest BCUT2D eigenvalue weighted by Gasteiger charge is 2.28. The summed E-state index contributed by atoms with van der Waals surface area (Å²) in [5.41, 5.74) is 4.33. The van der Waals surface area contributed by atoms with Crippen LogP contribution in [0.4, 0.5) is 4.39 Å². The molecule has 2 N–H and O–H groups in total. The Morgan fingerprint density at radius 1 is 1.09 bits per heavy atom. The lowest BCUT2D eigenvalue weighted by molar-refractivity contribution is 0.313. The number of nitrogens with zero attached hydrogens (tertiary/aromatic N) is 3. The Hall–Kier alpha value is -3.30. The molecule has 1 aromatic carbocycles. The molecule has 1 aliphatic rings. The summed E-state index contributed by atoms with van der Waals surface area (Å²) < 4.78 is 42.2. The second-order valence-corrected chi connectivity index (χ2v) is 9.95. The number of sulfonamides is 1. The normalized spacial score (nSPS) is 19.1. The van der Waals surface area contributed by atoms with Crippen LogP contribution in [0.15, 0.2) is 67.1 Å². The lowest BCUT2D eigenvalue weighted by Gasteiger charge is -2.30. The zero-order valence-electron chi connectivity index (χ0n) is 17.9. The zero-order valence-corrected chi connectivity index (χ0v) is 18.7. The van der Waals surface area contributed by atoms with Gasteiger partial charge in [-0.15, -0.1) is 0 Å². The Morgan fingerprint density at radius 2 is 1.85 bits per heavy atom. The molecule has 1 fully saturated rings. The molecule has 170 valence electrons. The highest BCUT2D eigenvalue weighted by molar-refractivity contribution is 7.92. The Morgan fingerprint density at radius 3 is 2.58 bits per heavy atom. The third-order valence-corrected chi connectivity index (χ3v) is 7.37. The Bertz CT molecular complexity index is 1400. The number of nitrogens with one attached hydrogen (secondary N) is 2. The van der Waals surface area contributed by atoms with Crippen LogP contribution in [0.3, 0.4) is 0 Å². The molecule has 33 heavy (non-hydrogen) atoms. The third-order valence-electron chi connectivity index (χ3n) is 6.27. The topological polar surface area (TPSA) is 92.7 Å². The molecular weight excluding hydrogens is 441 g/mol. The maximum atomic E-state index is 13.6. The van der Waals surface area contributed by atoms with Crippen molar-refractivity contribution in [1.29, 1.82) is 0 Å². The summed E-state index contributed by atoms with van der Waals surface area (Å²) in [7, 11) is -3.45. The van der Waals surface area contributed by atoms with Crippen molar-refractivity contribution in [1.82, 2.24) is 24.2 Å². The van der Waals surface area contributed by atoms with Gasteiger partial charge < -0.3 is 9.55 Å². The van der Waals surface area contributed by atoms with Gasteiger partial charge in [0.15, 0.2) is 0 Å². The van der Waals surface area contributed by atoms with E-state index in [1.807, 2.05) is 24.7 Å². The lowest BCUT2D eigenvalue weighted by atomic mass is 9.91. The molecule has 0 saturated heterocycles. The molecular formula is C24H24FN5O2S. The van der Waals surface area contributed by atoms with Gasteiger partial charge in [0.05, 0.1) is 17.7 Å². The first-order valence-corrected chi connectivity index (χ1v) is 12.4. The van der Waals surface area contributed by atoms with E-state index in [4.69, 9.17) is 4.98 Å². The van der Waals surface area contributed by atoms with E-state index < -0.39 is 10.0 Å². The largest absolute Gasteiger partial charge is 0.346 e. The monoisotopic (exact) mass is 465 g/mol. The van der Waals surface area contributed by atoms with E-state index in [0.29, 0.717) is 0 Å². The van der Waals surface area contributed by atoms with Gasteiger partial charge in [-0.1, -0.05) is 6.58 Å². The van der Waals surface area contributed by atoms with Crippen LogP contribution in [0.2, 0.25) is 0 Å². The summed E-state index contributed by atoms with van der Waals surface area (Å²) in [5, 5.41) is 1.93. The number of hydrogen-bond donors (Lipinski definition) is 2. The fourth-order valence-electron chi connectivity index (χ4n) is 4.64. The van der Waals surface area contributed by atoms with Crippen molar-refractivity contribution < 1.29 is 12.8 Å². The van der Waals surface area contributed by atoms with Crippen LogP contribution in [-0.2, 0) is 10.0 Å². The van der Waals surface area contributed by atoms with Crippen LogP contribution in [0.1, 0.15) is 31.7 Å². The van der Waals surface area contributed by atoms with Crippen LogP contribution in [0, 0.1) is 5.82 Å². The molecule has 4 aromatic rings. The van der Waals surface area contributed by atoms with Crippen molar-refractivity contribution in [2.75, 3.05) is 0 Å². The van der Waals surface area contributed by atoms with E-state index in [-0.39, 0.29) is 17.9 Å². The first-order chi connectivity index (χ1) is 15.9. The van der Waals surface area contributed by atoms with Gasteiger partial charge >= 0.3 is 0 Å². The molecule has 0 radical (unpaired) electrons. The molecule has 0 unspecified atom stereocenters. The Kier molecular flexibility index (Phi) is 5.59. The predicted molar refractivity (Wildman–Crippen MR) is 126 cm³/mol. The molecule has 5 rings (SSSR count). The maximum absolute atomic E-state index is 13.6. The number of hydrogen-bond acceptors (Lipinski definition) is 4. The second kappa shape index (κ2) is 8.57. The van der Waals surface area contributed by atoms with E-state index in [9.17, 15) is 12.8 Å². The molecule has 3 aromatic heterocycles. The first kappa shape index (κ1) is 21.5. The quantitative estimate of drug-likeness (QED) is 0.429. The molecule has 1 aliphatic carbocycles. The summed E-state index contributed by atoms with van der Waals surface area (Å²) in [6, 6.07) is 10.4. The van der Waals surface area contributed by atoms with E-state index in [2.05, 4.69) is 25.8 Å². The number of fused-ring (bicyclic) bond motifs is 1. The standard InChI is InChI=1S/C24H24FN5O2S/c1-2-33(31,32)29-18-7-9-19(10-8-18)30-15-28-22(16-3-5-17(25)6-4-16)23(30)20-11-13-26-24-21(20)12-14-27-24/h2-6,11-15,18-19,29H,1,7-10H2,(H,26,27)/t18-,19+. The minimum Gasteiger partial charge on any atom is -0.346 e. The molecule has 9 heteroatoms. The fourth-order valence-corrected chi connectivity index (χ4v) is 5.44. The van der Waals surface area contributed by atoms with Crippen molar-refractivity contribution in [2.45, 2.75) is 37.8 Å². The van der Waals surface area contributed by atoms with E-state index in [1.54, 1.807) is 18.3 Å². The van der Waals surface area contributed by atoms with Crippen molar-refractivity contribution >= 4 is 21.1 Å². The number of aromatic amines is 1. The summed E-state index contributed by atoms with van der Waals surface area (Å²) in [4.78, 5) is 12.3. The molecule has 0 aliphatic heterocycles. The van der Waals surface area contributed by atoms with Crippen LogP contribution >= 0.6 is 0 Å². The molecule has 3 heterocycles. The van der Waals surface area contributed by atoms with E-state index >= 15 is 0 Å². The lowest BCUT2D eigenvalue weighted by Crippen LogP contribution is -2.36. The summed E-state index contributed by atoms with van der Waals surface area (Å²) in [6.45, 7) is 3.37. The molecule has 0 bridgehead atoms. The average molecular weight is 466 g/mol. The molecule has 0 atom stereocenters. The van der Waals surface area contributed by atoms with Crippen molar-refractivity contribution in [3.05, 3.63) is 72.9 Å². The van der Waals surface area contributed by atoms with Crippen LogP contribution in [-0.4, -0.2) is 34.0 Å². The number of pyridine rings is 1. The minimum atomic E-state index is -3.45. The number of halogens is 1. The third kappa shape index (κ3) is 4.21. The maximum Gasteiger partial charge on any atom is 0.233 e. The van der Waals surface area contributed by atoms with Crippen LogP contribution in [0.25, 0.3) is 33.5 Å². The zero-order chi connectivity index (χ0) is 23.0. The Labute approximate surface area is 191 Å². The van der Waals surface area contributed by atoms with Gasteiger partial charge in [0.2, 0.25) is 10.0 Å². The smallest absolute Gasteiger partial charge is 0.233 e. The highest BCUT2D eigenvalue weighted by Crippen LogP contribution is 2.39. The average Bonchev–Trinajstić information content (AvgIpc) is 3.47. The SMILES string of the molecule is C=CS(=O)(=O)N[C@H]1CC[C@@H](n2cnc(-c3ccc(F)cc3)c2-c2ccnc3[nH]ccc23)CC1. The van der Waals surface area contributed by atoms with Crippen LogP contribution in [0.5, 0.6) is 0 Å². The molecule has 7 nitrogen and oxygen atoms in total. The summed E-state index contributed by atoms with van der Waals surface area (Å²) in [5.74, 6) is -0.294. The molecule has 0 spiro atoms. The summed E-state index contributed by atoms with van der Waals surface area (Å²) in [6.07, 6.45) is 8.51. The van der Waals surface area contributed by atoms with Gasteiger partial charge in [0.25, 0.3) is 0 Å². The van der Waals surface area contributed by atoms with E-state index in [0.717, 1.165) is 64.6 Å². The van der Waals surface area contributed by atoms with Gasteiger partial charge in [-0.05, 0) is 62.1 Å². The van der Waals surface area contributed by atoms with Crippen molar-refractivity contribution in [3.63, 3.8) is 0 Å². The highest BCUT2D eigenvalue weighted by atomic mass is 32.2. The summed E-state index contributed by atoms with van der Waals surface area (Å²) >= 11 is 0. The predicted octanol–water partition coefficient (Wildman–Crippen LogP) is 4.78. The molecule has 0 amide bonds. The van der Waals surface area contributed by atoms with Gasteiger partial charge in [0.1, 0.15) is 11.5 Å². The van der Waals surface area contributed by atoms with Crippen molar-refractivity contribution in [2.24, 2.45) is 0 Å². The fraction of sp³-hybridized carbons (Fsp3) is 0.250. The van der Waals surface area contributed by atoms with E-state index in [1.165, 1.54) is 12.1 Å². The number of aromatic nitrogens is 4. The minimum absolute atomic E-state index is 0.106. The first-order valence-electron chi connectivity index (χ1n) is 10.8. The number of benzene rings is 1. The number of imidazole rings is 1. The van der Waals surface area contributed by atoms with Gasteiger partial charge in [-0.3, -0.25) is 0 Å². The number of rotatable bonds is 6.